The Morgan fingerprint density at radius 2 is 1.09 bits per heavy atom. The molecule has 15 heteroatoms. The first-order chi connectivity index (χ1) is 10.1. The van der Waals surface area contributed by atoms with Crippen molar-refractivity contribution in [2.75, 3.05) is 0 Å². The van der Waals surface area contributed by atoms with Crippen LogP contribution in [0.2, 0.25) is 0 Å². The molecule has 0 heterocycles. The molecule has 0 fully saturated rings. The van der Waals surface area contributed by atoms with Gasteiger partial charge in [0.05, 0.1) is 0 Å². The van der Waals surface area contributed by atoms with E-state index in [0.717, 1.165) is 24.1 Å². The quantitative estimate of drug-likeness (QED) is 0.136. The van der Waals surface area contributed by atoms with Crippen molar-refractivity contribution >= 4 is 39.4 Å². The first-order valence-corrected chi connectivity index (χ1v) is 11.0. The monoisotopic (exact) mass is 414 g/mol. The third-order valence-electron chi connectivity index (χ3n) is 1.21. The summed E-state index contributed by atoms with van der Waals surface area (Å²) in [4.78, 5) is 8.82. The maximum atomic E-state index is 11.8. The number of nitrogens with two attached hydrogens (primary N) is 2. The molecular weight excluding hydrogens is 390 g/mol. The molecule has 0 bridgehead atoms. The van der Waals surface area contributed by atoms with Gasteiger partial charge in [0, 0.05) is 33.6 Å². The second-order valence-electron chi connectivity index (χ2n) is 6.15. The van der Waals surface area contributed by atoms with Gasteiger partial charge < -0.3 is 0 Å². The molecule has 2 unspecified atom stereocenters. The highest BCUT2D eigenvalue weighted by atomic mass is 32.2. The number of nitrogens with one attached hydrogen (secondary N) is 2. The van der Waals surface area contributed by atoms with Gasteiger partial charge in [0.15, 0.2) is 0 Å². The summed E-state index contributed by atoms with van der Waals surface area (Å²) in [7, 11) is -8.36. The minimum absolute atomic E-state index is 0.276. The molecule has 140 valence electrons. The molecular formula is C8H24N4O7P2S2. The van der Waals surface area contributed by atoms with E-state index in [1.807, 2.05) is 41.5 Å². The zero-order valence-corrected chi connectivity index (χ0v) is 17.1. The van der Waals surface area contributed by atoms with Crippen molar-refractivity contribution < 1.29 is 32.1 Å². The molecule has 0 aromatic rings. The SMILES string of the molecule is CC(C)(C)SOONP(N)(=O)OP(N)(=O)NOOSC(C)(C)C. The van der Waals surface area contributed by atoms with Gasteiger partial charge in [-0.3, -0.25) is 9.13 Å². The summed E-state index contributed by atoms with van der Waals surface area (Å²) in [6, 6.07) is 0. The van der Waals surface area contributed by atoms with E-state index in [-0.39, 0.29) is 9.49 Å². The predicted octanol–water partition coefficient (Wildman–Crippen LogP) is 2.94. The van der Waals surface area contributed by atoms with Crippen LogP contribution in [-0.2, 0) is 32.1 Å². The van der Waals surface area contributed by atoms with Crippen molar-refractivity contribution in [2.24, 2.45) is 11.0 Å². The van der Waals surface area contributed by atoms with Crippen LogP contribution in [0.5, 0.6) is 0 Å². The van der Waals surface area contributed by atoms with Gasteiger partial charge in [0.2, 0.25) is 0 Å². The molecule has 0 spiro atoms. The molecule has 6 N–H and O–H groups in total. The van der Waals surface area contributed by atoms with Gasteiger partial charge in [-0.2, -0.15) is 0 Å². The Hall–Kier alpha value is 0.800. The van der Waals surface area contributed by atoms with E-state index in [4.69, 9.17) is 11.0 Å². The van der Waals surface area contributed by atoms with Gasteiger partial charge >= 0.3 is 15.3 Å². The molecule has 0 amide bonds. The second-order valence-corrected chi connectivity index (χ2v) is 12.6. The minimum atomic E-state index is -4.18. The van der Waals surface area contributed by atoms with Crippen LogP contribution in [0.1, 0.15) is 41.5 Å². The third kappa shape index (κ3) is 16.0. The molecule has 0 aliphatic heterocycles. The average molecular weight is 414 g/mol. The standard InChI is InChI=1S/C8H24N4O7P2S2/c1-7(2,3)22-17-15-11-20(9,13)19-21(10,14)12-16-18-23-8(4,5)6/h1-6H3,(H3,9,11,13)(H3,10,12,14). The van der Waals surface area contributed by atoms with Gasteiger partial charge in [-0.25, -0.2) is 15.3 Å². The molecule has 0 saturated heterocycles. The van der Waals surface area contributed by atoms with Gasteiger partial charge in [-0.1, -0.05) is 10.5 Å². The zero-order valence-electron chi connectivity index (χ0n) is 13.7. The summed E-state index contributed by atoms with van der Waals surface area (Å²) in [6.45, 7) is 11.1. The molecule has 0 rings (SSSR count). The van der Waals surface area contributed by atoms with E-state index in [9.17, 15) is 9.13 Å². The molecule has 0 aromatic carbocycles. The first kappa shape index (κ1) is 23.8. The van der Waals surface area contributed by atoms with Crippen molar-refractivity contribution in [1.82, 2.24) is 10.5 Å². The summed E-state index contributed by atoms with van der Waals surface area (Å²) in [5, 5.41) is 3.55. The number of hydrogen-bond donors (Lipinski definition) is 4. The summed E-state index contributed by atoms with van der Waals surface area (Å²) in [6.07, 6.45) is 0. The smallest absolute Gasteiger partial charge is 0.253 e. The molecule has 0 aliphatic carbocycles. The van der Waals surface area contributed by atoms with Gasteiger partial charge in [-0.15, -0.1) is 18.6 Å². The van der Waals surface area contributed by atoms with Crippen LogP contribution < -0.4 is 21.5 Å². The van der Waals surface area contributed by atoms with Gasteiger partial charge in [0.1, 0.15) is 0 Å². The fourth-order valence-electron chi connectivity index (χ4n) is 0.586. The molecule has 0 aromatic heterocycles. The van der Waals surface area contributed by atoms with Crippen LogP contribution in [0.25, 0.3) is 0 Å². The van der Waals surface area contributed by atoms with Crippen LogP contribution in [0.4, 0.5) is 0 Å². The van der Waals surface area contributed by atoms with E-state index in [1.165, 1.54) is 0 Å². The van der Waals surface area contributed by atoms with E-state index >= 15 is 0 Å². The largest absolute Gasteiger partial charge is 0.370 e. The average Bonchev–Trinajstić information content (AvgIpc) is 2.27. The van der Waals surface area contributed by atoms with Crippen molar-refractivity contribution in [3.05, 3.63) is 0 Å². The van der Waals surface area contributed by atoms with Gasteiger partial charge in [-0.05, 0) is 41.5 Å². The van der Waals surface area contributed by atoms with Gasteiger partial charge in [0.25, 0.3) is 0 Å². The molecule has 0 saturated carbocycles. The Labute approximate surface area is 144 Å². The lowest BCUT2D eigenvalue weighted by Gasteiger charge is -2.20. The molecule has 23 heavy (non-hydrogen) atoms. The normalized spacial score (nSPS) is 18.4. The fraction of sp³-hybridized carbons (Fsp3) is 1.00. The van der Waals surface area contributed by atoms with Crippen LogP contribution in [-0.4, -0.2) is 9.49 Å². The Balaban J connectivity index is 4.15. The van der Waals surface area contributed by atoms with Crippen LogP contribution in [0, 0.1) is 0 Å². The lowest BCUT2D eigenvalue weighted by atomic mass is 10.3. The van der Waals surface area contributed by atoms with E-state index in [1.54, 1.807) is 10.5 Å². The Bertz CT molecular complexity index is 417. The topological polar surface area (TPSA) is 156 Å². The van der Waals surface area contributed by atoms with Crippen molar-refractivity contribution in [1.29, 1.82) is 0 Å². The Kier molecular flexibility index (Phi) is 9.81. The Morgan fingerprint density at radius 1 is 0.783 bits per heavy atom. The minimum Gasteiger partial charge on any atom is -0.253 e. The van der Waals surface area contributed by atoms with Crippen molar-refractivity contribution in [2.45, 2.75) is 51.0 Å². The lowest BCUT2D eigenvalue weighted by Crippen LogP contribution is -2.24. The lowest BCUT2D eigenvalue weighted by molar-refractivity contribution is -0.225. The van der Waals surface area contributed by atoms with E-state index < -0.39 is 15.3 Å². The molecule has 0 aliphatic rings. The summed E-state index contributed by atoms with van der Waals surface area (Å²) < 4.78 is 36.8. The highest BCUT2D eigenvalue weighted by Crippen LogP contribution is 2.50. The maximum absolute atomic E-state index is 11.8. The second kappa shape index (κ2) is 9.48. The number of rotatable bonds is 10. The molecule has 11 nitrogen and oxygen atoms in total. The third-order valence-corrected chi connectivity index (χ3v) is 5.08. The first-order valence-electron chi connectivity index (χ1n) is 6.18. The highest BCUT2D eigenvalue weighted by molar-refractivity contribution is 7.96. The summed E-state index contributed by atoms with van der Waals surface area (Å²) >= 11 is 1.86. The highest BCUT2D eigenvalue weighted by Gasteiger charge is 2.31. The van der Waals surface area contributed by atoms with E-state index in [2.05, 4.69) is 23.0 Å². The van der Waals surface area contributed by atoms with E-state index in [0.29, 0.717) is 0 Å². The predicted molar refractivity (Wildman–Crippen MR) is 90.0 cm³/mol. The van der Waals surface area contributed by atoms with Crippen LogP contribution in [0.3, 0.4) is 0 Å². The summed E-state index contributed by atoms with van der Waals surface area (Å²) in [5.41, 5.74) is 10.5. The Morgan fingerprint density at radius 3 is 1.35 bits per heavy atom. The fourth-order valence-corrected chi connectivity index (χ4v) is 3.22. The number of hydrogen-bond acceptors (Lipinski definition) is 9. The van der Waals surface area contributed by atoms with Crippen LogP contribution >= 0.6 is 39.4 Å². The molecule has 0 radical (unpaired) electrons. The van der Waals surface area contributed by atoms with Crippen molar-refractivity contribution in [3.8, 4) is 0 Å². The molecule has 2 atom stereocenters. The summed E-state index contributed by atoms with van der Waals surface area (Å²) in [5.74, 6) is 0. The van der Waals surface area contributed by atoms with Crippen molar-refractivity contribution in [3.63, 3.8) is 0 Å². The maximum Gasteiger partial charge on any atom is 0.370 e. The van der Waals surface area contributed by atoms with Crippen LogP contribution in [0.15, 0.2) is 0 Å². The zero-order chi connectivity index (χ0) is 18.4.